The first kappa shape index (κ1) is 14.7. The molecule has 19 heavy (non-hydrogen) atoms. The number of rotatable bonds is 6. The smallest absolute Gasteiger partial charge is 0.328 e. The molecule has 0 radical (unpaired) electrons. The molecule has 0 aliphatic rings. The second-order valence-electron chi connectivity index (χ2n) is 3.94. The zero-order chi connectivity index (χ0) is 14.3. The molecule has 0 bridgehead atoms. The quantitative estimate of drug-likeness (QED) is 0.668. The van der Waals surface area contributed by atoms with Gasteiger partial charge in [0.1, 0.15) is 0 Å². The zero-order valence-corrected chi connectivity index (χ0v) is 10.4. The van der Waals surface area contributed by atoms with Gasteiger partial charge in [0.15, 0.2) is 0 Å². The maximum Gasteiger partial charge on any atom is 0.328 e. The molecule has 1 rings (SSSR count). The van der Waals surface area contributed by atoms with Crippen molar-refractivity contribution < 1.29 is 24.0 Å². The molecule has 0 aliphatic heterocycles. The van der Waals surface area contributed by atoms with Crippen LogP contribution in [0.1, 0.15) is 31.4 Å². The Bertz CT molecular complexity index is 469. The van der Waals surface area contributed by atoms with E-state index in [1.807, 2.05) is 0 Å². The van der Waals surface area contributed by atoms with E-state index in [4.69, 9.17) is 9.63 Å². The molecule has 0 aliphatic carbocycles. The summed E-state index contributed by atoms with van der Waals surface area (Å²) in [5, 5.41) is 16.4. The van der Waals surface area contributed by atoms with Crippen molar-refractivity contribution in [2.45, 2.75) is 32.6 Å². The number of carboxylic acids is 1. The van der Waals surface area contributed by atoms with Crippen LogP contribution in [0.2, 0.25) is 0 Å². The fourth-order valence-electron chi connectivity index (χ4n) is 1.32. The lowest BCUT2D eigenvalue weighted by atomic mass is 10.2. The summed E-state index contributed by atoms with van der Waals surface area (Å²) in [5.74, 6) is -1.23. The maximum absolute atomic E-state index is 11.3. The number of carbonyl (C=O) groups is 3. The first-order valence-electron chi connectivity index (χ1n) is 5.73. The molecule has 0 fully saturated rings. The van der Waals surface area contributed by atoms with Gasteiger partial charge in [-0.1, -0.05) is 5.16 Å². The molecule has 0 saturated carbocycles. The van der Waals surface area contributed by atoms with Crippen LogP contribution in [0.25, 0.3) is 0 Å². The third kappa shape index (κ3) is 6.20. The molecule has 0 unspecified atom stereocenters. The Kier molecular flexibility index (Phi) is 5.52. The number of aromatic nitrogens is 1. The van der Waals surface area contributed by atoms with Gasteiger partial charge in [-0.05, 0) is 19.8 Å². The second kappa shape index (κ2) is 7.14. The van der Waals surface area contributed by atoms with Crippen molar-refractivity contribution >= 4 is 23.8 Å². The number of urea groups is 1. The van der Waals surface area contributed by atoms with Gasteiger partial charge in [0.05, 0.1) is 5.69 Å². The number of hydrogen-bond donors (Lipinski definition) is 3. The predicted molar refractivity (Wildman–Crippen MR) is 64.5 cm³/mol. The molecule has 1 aromatic rings. The molecule has 104 valence electrons. The fourth-order valence-corrected chi connectivity index (χ4v) is 1.32. The minimum Gasteiger partial charge on any atom is -0.481 e. The number of anilines is 1. The van der Waals surface area contributed by atoms with Crippen LogP contribution in [-0.4, -0.2) is 28.2 Å². The van der Waals surface area contributed by atoms with Gasteiger partial charge in [0.2, 0.25) is 11.8 Å². The van der Waals surface area contributed by atoms with Crippen molar-refractivity contribution in [1.29, 1.82) is 0 Å². The molecule has 8 heteroatoms. The highest BCUT2D eigenvalue weighted by Gasteiger charge is 2.10. The summed E-state index contributed by atoms with van der Waals surface area (Å²) < 4.78 is 4.74. The highest BCUT2D eigenvalue weighted by Crippen LogP contribution is 2.07. The van der Waals surface area contributed by atoms with Gasteiger partial charge in [0.25, 0.3) is 0 Å². The Morgan fingerprint density at radius 2 is 2.00 bits per heavy atom. The summed E-state index contributed by atoms with van der Waals surface area (Å²) in [7, 11) is 0. The normalized spacial score (nSPS) is 9.95. The van der Waals surface area contributed by atoms with E-state index in [0.717, 1.165) is 0 Å². The minimum atomic E-state index is -0.904. The highest BCUT2D eigenvalue weighted by atomic mass is 16.5. The number of unbranched alkanes of at least 4 members (excludes halogenated alkanes) is 1. The van der Waals surface area contributed by atoms with E-state index < -0.39 is 17.9 Å². The molecule has 3 N–H and O–H groups in total. The van der Waals surface area contributed by atoms with E-state index in [9.17, 15) is 14.4 Å². The minimum absolute atomic E-state index is 0.0107. The molecular formula is C11H15N3O5. The van der Waals surface area contributed by atoms with Crippen molar-refractivity contribution in [3.05, 3.63) is 11.8 Å². The number of aliphatic carboxylic acids is 1. The number of amides is 3. The van der Waals surface area contributed by atoms with Crippen molar-refractivity contribution in [1.82, 2.24) is 10.5 Å². The van der Waals surface area contributed by atoms with Crippen LogP contribution in [0.3, 0.4) is 0 Å². The second-order valence-corrected chi connectivity index (χ2v) is 3.94. The number of nitrogens with zero attached hydrogens (tertiary/aromatic N) is 1. The largest absolute Gasteiger partial charge is 0.481 e. The van der Waals surface area contributed by atoms with Crippen molar-refractivity contribution in [2.24, 2.45) is 0 Å². The van der Waals surface area contributed by atoms with Crippen LogP contribution in [0.4, 0.5) is 10.7 Å². The Morgan fingerprint density at radius 1 is 1.32 bits per heavy atom. The van der Waals surface area contributed by atoms with Crippen LogP contribution in [0.5, 0.6) is 0 Å². The lowest BCUT2D eigenvalue weighted by Gasteiger charge is -2.03. The number of nitrogens with one attached hydrogen (secondary N) is 2. The average molecular weight is 269 g/mol. The number of aryl methyl sites for hydroxylation is 1. The number of hydrogen-bond acceptors (Lipinski definition) is 5. The maximum atomic E-state index is 11.3. The molecule has 8 nitrogen and oxygen atoms in total. The SMILES string of the molecule is Cc1cc(NC(=O)NC(=O)CCCCC(=O)O)on1. The van der Waals surface area contributed by atoms with E-state index in [1.54, 1.807) is 6.92 Å². The van der Waals surface area contributed by atoms with Gasteiger partial charge in [-0.25, -0.2) is 4.79 Å². The van der Waals surface area contributed by atoms with Gasteiger partial charge in [-0.15, -0.1) is 0 Å². The van der Waals surface area contributed by atoms with Gasteiger partial charge in [0, 0.05) is 18.9 Å². The summed E-state index contributed by atoms with van der Waals surface area (Å²) in [6, 6.07) is 0.802. The van der Waals surface area contributed by atoms with Gasteiger partial charge >= 0.3 is 12.0 Å². The van der Waals surface area contributed by atoms with Crippen molar-refractivity contribution in [3.8, 4) is 0 Å². The van der Waals surface area contributed by atoms with Crippen LogP contribution < -0.4 is 10.6 Å². The van der Waals surface area contributed by atoms with E-state index in [0.29, 0.717) is 18.5 Å². The Hall–Kier alpha value is -2.38. The van der Waals surface area contributed by atoms with Crippen LogP contribution >= 0.6 is 0 Å². The summed E-state index contributed by atoms with van der Waals surface area (Å²) in [4.78, 5) is 32.9. The van der Waals surface area contributed by atoms with E-state index in [1.165, 1.54) is 6.07 Å². The van der Waals surface area contributed by atoms with Gasteiger partial charge in [-0.2, -0.15) is 0 Å². The third-order valence-corrected chi connectivity index (χ3v) is 2.16. The third-order valence-electron chi connectivity index (χ3n) is 2.16. The molecule has 1 aromatic heterocycles. The number of imide groups is 1. The first-order chi connectivity index (χ1) is 8.97. The Morgan fingerprint density at radius 3 is 2.58 bits per heavy atom. The summed E-state index contributed by atoms with van der Waals surface area (Å²) >= 11 is 0. The number of carboxylic acid groups (broad SMARTS) is 1. The topological polar surface area (TPSA) is 122 Å². The highest BCUT2D eigenvalue weighted by molar-refractivity contribution is 6.00. The predicted octanol–water partition coefficient (Wildman–Crippen LogP) is 1.28. The molecule has 0 aromatic carbocycles. The van der Waals surface area contributed by atoms with Gasteiger partial charge < -0.3 is 9.63 Å². The zero-order valence-electron chi connectivity index (χ0n) is 10.4. The molecular weight excluding hydrogens is 254 g/mol. The molecule has 3 amide bonds. The summed E-state index contributed by atoms with van der Waals surface area (Å²) in [6.07, 6.45) is 0.908. The number of carbonyl (C=O) groups excluding carboxylic acids is 2. The van der Waals surface area contributed by atoms with E-state index in [2.05, 4.69) is 15.8 Å². The molecule has 0 spiro atoms. The standard InChI is InChI=1S/C11H15N3O5/c1-7-6-9(19-14-7)13-11(18)12-8(15)4-2-3-5-10(16)17/h6H,2-5H2,1H3,(H,16,17)(H2,12,13,15,18). The summed E-state index contributed by atoms with van der Waals surface area (Å²) in [5.41, 5.74) is 0.607. The van der Waals surface area contributed by atoms with Crippen molar-refractivity contribution in [2.75, 3.05) is 5.32 Å². The lowest BCUT2D eigenvalue weighted by molar-refractivity contribution is -0.137. The molecule has 0 atom stereocenters. The van der Waals surface area contributed by atoms with E-state index in [-0.39, 0.29) is 18.7 Å². The Labute approximate surface area is 109 Å². The van der Waals surface area contributed by atoms with Crippen LogP contribution in [0.15, 0.2) is 10.6 Å². The van der Waals surface area contributed by atoms with Gasteiger partial charge in [-0.3, -0.25) is 20.2 Å². The van der Waals surface area contributed by atoms with Crippen LogP contribution in [0, 0.1) is 6.92 Å². The fraction of sp³-hybridized carbons (Fsp3) is 0.455. The van der Waals surface area contributed by atoms with E-state index >= 15 is 0 Å². The van der Waals surface area contributed by atoms with Crippen molar-refractivity contribution in [3.63, 3.8) is 0 Å². The Balaban J connectivity index is 2.21. The monoisotopic (exact) mass is 269 g/mol. The molecule has 1 heterocycles. The lowest BCUT2D eigenvalue weighted by Crippen LogP contribution is -2.34. The first-order valence-corrected chi connectivity index (χ1v) is 5.73. The average Bonchev–Trinajstić information content (AvgIpc) is 2.69. The van der Waals surface area contributed by atoms with Crippen LogP contribution in [-0.2, 0) is 9.59 Å². The summed E-state index contributed by atoms with van der Waals surface area (Å²) in [6.45, 7) is 1.69. The molecule has 0 saturated heterocycles.